The Morgan fingerprint density at radius 2 is 2.05 bits per heavy atom. The largest absolute Gasteiger partial charge is 0.391 e. The normalized spacial score (nSPS) is 23.1. The summed E-state index contributed by atoms with van der Waals surface area (Å²) in [6, 6.07) is 5.95. The van der Waals surface area contributed by atoms with Crippen LogP contribution in [0.25, 0.3) is 0 Å². The van der Waals surface area contributed by atoms with Crippen LogP contribution in [-0.2, 0) is 4.79 Å². The van der Waals surface area contributed by atoms with Gasteiger partial charge in [-0.2, -0.15) is 0 Å². The number of carbonyl (C=O) groups excluding carboxylic acids is 1. The number of aliphatic hydroxyl groups excluding tert-OH is 1. The Labute approximate surface area is 112 Å². The van der Waals surface area contributed by atoms with Crippen molar-refractivity contribution in [1.82, 2.24) is 9.80 Å². The number of hydrogen-bond donors (Lipinski definition) is 1. The van der Waals surface area contributed by atoms with Crippen LogP contribution < -0.4 is 0 Å². The number of β-amino-alcohol motifs (C(OH)–C–C–N with tert-alkyl or cyclic N) is 1. The van der Waals surface area contributed by atoms with E-state index in [1.165, 1.54) is 12.1 Å². The van der Waals surface area contributed by atoms with Gasteiger partial charge in [0.15, 0.2) is 0 Å². The average molecular weight is 266 g/mol. The molecule has 1 aliphatic rings. The van der Waals surface area contributed by atoms with Crippen LogP contribution >= 0.6 is 0 Å². The van der Waals surface area contributed by atoms with Crippen molar-refractivity contribution in [3.63, 3.8) is 0 Å². The summed E-state index contributed by atoms with van der Waals surface area (Å²) in [6.07, 6.45) is -0.00805. The molecule has 1 amide bonds. The fourth-order valence-corrected chi connectivity index (χ4v) is 2.45. The smallest absolute Gasteiger partial charge is 0.237 e. The molecule has 5 heteroatoms. The highest BCUT2D eigenvalue weighted by molar-refractivity contribution is 5.79. The predicted molar refractivity (Wildman–Crippen MR) is 70.0 cm³/mol. The lowest BCUT2D eigenvalue weighted by Crippen LogP contribution is -2.38. The van der Waals surface area contributed by atoms with E-state index in [4.69, 9.17) is 0 Å². The molecule has 1 aromatic rings. The van der Waals surface area contributed by atoms with Crippen LogP contribution in [0.4, 0.5) is 4.39 Å². The fraction of sp³-hybridized carbons (Fsp3) is 0.500. The van der Waals surface area contributed by atoms with E-state index in [1.54, 1.807) is 21.9 Å². The zero-order chi connectivity index (χ0) is 14.0. The van der Waals surface area contributed by atoms with Crippen LogP contribution in [0.1, 0.15) is 18.0 Å². The first-order chi connectivity index (χ1) is 8.97. The zero-order valence-corrected chi connectivity index (χ0v) is 11.2. The number of likely N-dealkylation sites (tertiary alicyclic amines) is 1. The average Bonchev–Trinajstić information content (AvgIpc) is 2.71. The van der Waals surface area contributed by atoms with Gasteiger partial charge in [0.1, 0.15) is 5.82 Å². The number of nitrogens with zero attached hydrogens (tertiary/aromatic N) is 2. The summed E-state index contributed by atoms with van der Waals surface area (Å²) in [5.41, 5.74) is 0.866. The lowest BCUT2D eigenvalue weighted by Gasteiger charge is -2.26. The van der Waals surface area contributed by atoms with Crippen LogP contribution in [0.2, 0.25) is 0 Å². The van der Waals surface area contributed by atoms with Crippen molar-refractivity contribution in [3.8, 4) is 0 Å². The van der Waals surface area contributed by atoms with Gasteiger partial charge in [-0.05, 0) is 38.2 Å². The predicted octanol–water partition coefficient (Wildman–Crippen LogP) is 1.02. The van der Waals surface area contributed by atoms with Crippen molar-refractivity contribution in [2.75, 3.05) is 27.2 Å². The van der Waals surface area contributed by atoms with E-state index >= 15 is 0 Å². The molecule has 19 heavy (non-hydrogen) atoms. The van der Waals surface area contributed by atoms with Crippen LogP contribution in [0, 0.1) is 5.82 Å². The molecule has 0 aliphatic carbocycles. The van der Waals surface area contributed by atoms with E-state index in [1.807, 2.05) is 14.1 Å². The first kappa shape index (κ1) is 14.0. The molecule has 1 N–H and O–H groups in total. The molecule has 0 saturated carbocycles. The van der Waals surface area contributed by atoms with Crippen molar-refractivity contribution in [2.24, 2.45) is 0 Å². The quantitative estimate of drug-likeness (QED) is 0.888. The maximum atomic E-state index is 12.9. The summed E-state index contributed by atoms with van der Waals surface area (Å²) in [5.74, 6) is -0.315. The van der Waals surface area contributed by atoms with E-state index in [0.29, 0.717) is 19.5 Å². The second-order valence-electron chi connectivity index (χ2n) is 5.24. The van der Waals surface area contributed by atoms with Gasteiger partial charge in [0.2, 0.25) is 5.91 Å². The number of amides is 1. The number of halogens is 1. The van der Waals surface area contributed by atoms with E-state index in [2.05, 4.69) is 0 Å². The number of likely N-dealkylation sites (N-methyl/N-ethyl adjacent to an activating group) is 1. The van der Waals surface area contributed by atoms with E-state index < -0.39 is 6.10 Å². The Morgan fingerprint density at radius 1 is 1.42 bits per heavy atom. The van der Waals surface area contributed by atoms with E-state index in [9.17, 15) is 14.3 Å². The minimum atomic E-state index is -0.513. The Morgan fingerprint density at radius 3 is 2.63 bits per heavy atom. The highest BCUT2D eigenvalue weighted by Gasteiger charge is 2.35. The lowest BCUT2D eigenvalue weighted by molar-refractivity contribution is -0.133. The van der Waals surface area contributed by atoms with Gasteiger partial charge in [-0.25, -0.2) is 4.39 Å². The Hall–Kier alpha value is -1.46. The second-order valence-corrected chi connectivity index (χ2v) is 5.24. The molecule has 2 rings (SSSR count). The third-order valence-electron chi connectivity index (χ3n) is 3.31. The molecule has 1 aromatic carbocycles. The molecular weight excluding hydrogens is 247 g/mol. The molecule has 2 atom stereocenters. The number of aliphatic hydroxyl groups is 1. The summed E-state index contributed by atoms with van der Waals surface area (Å²) in [4.78, 5) is 15.6. The molecule has 0 spiro atoms. The first-order valence-electron chi connectivity index (χ1n) is 6.35. The molecule has 0 unspecified atom stereocenters. The number of carbonyl (C=O) groups is 1. The molecule has 1 fully saturated rings. The molecule has 0 aromatic heterocycles. The number of hydrogen-bond acceptors (Lipinski definition) is 3. The Bertz CT molecular complexity index is 447. The molecule has 0 bridgehead atoms. The van der Waals surface area contributed by atoms with Gasteiger partial charge >= 0.3 is 0 Å². The van der Waals surface area contributed by atoms with Gasteiger partial charge in [-0.3, -0.25) is 4.79 Å². The SMILES string of the molecule is CN(C)CC(=O)N1C[C@@H](O)C[C@@H]1c1ccc(F)cc1. The van der Waals surface area contributed by atoms with E-state index in [0.717, 1.165) is 5.56 Å². The zero-order valence-electron chi connectivity index (χ0n) is 11.2. The summed E-state index contributed by atoms with van der Waals surface area (Å²) in [6.45, 7) is 0.652. The maximum absolute atomic E-state index is 12.9. The van der Waals surface area contributed by atoms with Crippen LogP contribution in [0.15, 0.2) is 24.3 Å². The summed E-state index contributed by atoms with van der Waals surface area (Å²) in [5, 5.41) is 9.79. The molecular formula is C14H19FN2O2. The van der Waals surface area contributed by atoms with Crippen LogP contribution in [-0.4, -0.2) is 54.1 Å². The van der Waals surface area contributed by atoms with Gasteiger partial charge < -0.3 is 14.9 Å². The first-order valence-corrected chi connectivity index (χ1v) is 6.35. The molecule has 1 aliphatic heterocycles. The minimum absolute atomic E-state index is 0.0177. The van der Waals surface area contributed by atoms with Crippen LogP contribution in [0.5, 0.6) is 0 Å². The number of benzene rings is 1. The summed E-state index contributed by atoms with van der Waals surface area (Å²) in [7, 11) is 3.66. The third-order valence-corrected chi connectivity index (χ3v) is 3.31. The lowest BCUT2D eigenvalue weighted by atomic mass is 10.0. The summed E-state index contributed by atoms with van der Waals surface area (Å²) >= 11 is 0. The highest BCUT2D eigenvalue weighted by atomic mass is 19.1. The Balaban J connectivity index is 2.17. The van der Waals surface area contributed by atoms with Crippen molar-refractivity contribution >= 4 is 5.91 Å². The molecule has 1 saturated heterocycles. The minimum Gasteiger partial charge on any atom is -0.391 e. The van der Waals surface area contributed by atoms with Crippen molar-refractivity contribution in [1.29, 1.82) is 0 Å². The van der Waals surface area contributed by atoms with Crippen molar-refractivity contribution in [3.05, 3.63) is 35.6 Å². The van der Waals surface area contributed by atoms with Gasteiger partial charge in [0, 0.05) is 6.54 Å². The fourth-order valence-electron chi connectivity index (χ4n) is 2.45. The van der Waals surface area contributed by atoms with Crippen molar-refractivity contribution < 1.29 is 14.3 Å². The van der Waals surface area contributed by atoms with Gasteiger partial charge in [-0.1, -0.05) is 12.1 Å². The van der Waals surface area contributed by atoms with Gasteiger partial charge in [-0.15, -0.1) is 0 Å². The molecule has 104 valence electrons. The molecule has 1 heterocycles. The standard InChI is InChI=1S/C14H19FN2O2/c1-16(2)9-14(19)17-8-12(18)7-13(17)10-3-5-11(15)6-4-10/h3-6,12-13,18H,7-9H2,1-2H3/t12-,13+/m0/s1. The Kier molecular flexibility index (Phi) is 4.17. The molecule has 4 nitrogen and oxygen atoms in total. The van der Waals surface area contributed by atoms with Gasteiger partial charge in [0.05, 0.1) is 18.7 Å². The third kappa shape index (κ3) is 3.30. The topological polar surface area (TPSA) is 43.8 Å². The van der Waals surface area contributed by atoms with Crippen molar-refractivity contribution in [2.45, 2.75) is 18.6 Å². The van der Waals surface area contributed by atoms with Gasteiger partial charge in [0.25, 0.3) is 0 Å². The monoisotopic (exact) mass is 266 g/mol. The summed E-state index contributed by atoms with van der Waals surface area (Å²) < 4.78 is 12.9. The highest BCUT2D eigenvalue weighted by Crippen LogP contribution is 2.32. The number of rotatable bonds is 3. The maximum Gasteiger partial charge on any atom is 0.237 e. The second kappa shape index (κ2) is 5.67. The molecule has 0 radical (unpaired) electrons. The van der Waals surface area contributed by atoms with Crippen LogP contribution in [0.3, 0.4) is 0 Å². The van der Waals surface area contributed by atoms with E-state index in [-0.39, 0.29) is 17.8 Å².